The number of fused-ring (bicyclic) bond motifs is 2. The molecule has 0 atom stereocenters. The summed E-state index contributed by atoms with van der Waals surface area (Å²) < 4.78 is 32.6. The van der Waals surface area contributed by atoms with Crippen molar-refractivity contribution in [2.45, 2.75) is 18.8 Å². The van der Waals surface area contributed by atoms with E-state index in [9.17, 15) is 13.6 Å². The number of likely N-dealkylation sites (tertiary alicyclic amines) is 1. The first kappa shape index (κ1) is 17.5. The van der Waals surface area contributed by atoms with Crippen LogP contribution in [0.4, 0.5) is 20.3 Å². The van der Waals surface area contributed by atoms with E-state index in [0.717, 1.165) is 10.4 Å². The number of carbonyl (C=O) groups is 1. The molecule has 0 saturated carbocycles. The number of nitrogens with zero attached hydrogens (tertiary/aromatic N) is 4. The Balaban J connectivity index is 1.42. The van der Waals surface area contributed by atoms with Crippen molar-refractivity contribution in [3.8, 4) is 0 Å². The molecule has 148 valence electrons. The highest BCUT2D eigenvalue weighted by Gasteiger charge is 2.38. The van der Waals surface area contributed by atoms with Crippen LogP contribution < -0.4 is 5.32 Å². The van der Waals surface area contributed by atoms with Gasteiger partial charge in [0.25, 0.3) is 11.8 Å². The molecule has 4 heterocycles. The number of rotatable bonds is 3. The Labute approximate surface area is 162 Å². The van der Waals surface area contributed by atoms with E-state index in [-0.39, 0.29) is 25.1 Å². The van der Waals surface area contributed by atoms with E-state index in [1.54, 1.807) is 24.4 Å². The summed E-state index contributed by atoms with van der Waals surface area (Å²) in [4.78, 5) is 18.1. The Morgan fingerprint density at radius 1 is 1.31 bits per heavy atom. The number of aromatic amines is 1. The lowest BCUT2D eigenvalue weighted by Gasteiger charge is -2.31. The van der Waals surface area contributed by atoms with Crippen LogP contribution in [0.15, 0.2) is 41.1 Å². The number of nitrogens with one attached hydrogen (secondary N) is 2. The molecule has 10 heteroatoms. The fraction of sp³-hybridized carbons (Fsp3) is 0.263. The SMILES string of the molecule is O=C(c1noc2cc(Nc3n[nH]c4cccnc34)ccc12)N1CCCC(F)(F)C1. The molecule has 0 bridgehead atoms. The quantitative estimate of drug-likeness (QED) is 0.546. The van der Waals surface area contributed by atoms with Crippen LogP contribution in [0, 0.1) is 0 Å². The van der Waals surface area contributed by atoms with Gasteiger partial charge in [-0.25, -0.2) is 8.78 Å². The number of benzene rings is 1. The van der Waals surface area contributed by atoms with E-state index in [0.29, 0.717) is 28.0 Å². The highest BCUT2D eigenvalue weighted by molar-refractivity contribution is 6.04. The van der Waals surface area contributed by atoms with Crippen LogP contribution >= 0.6 is 0 Å². The Kier molecular flexibility index (Phi) is 3.93. The number of piperidine rings is 1. The number of hydrogen-bond acceptors (Lipinski definition) is 6. The molecule has 0 spiro atoms. The van der Waals surface area contributed by atoms with Gasteiger partial charge in [0, 0.05) is 30.9 Å². The van der Waals surface area contributed by atoms with Crippen LogP contribution in [-0.2, 0) is 0 Å². The number of pyridine rings is 1. The predicted molar refractivity (Wildman–Crippen MR) is 101 cm³/mol. The number of halogens is 2. The van der Waals surface area contributed by atoms with Crippen LogP contribution in [0.25, 0.3) is 22.0 Å². The zero-order chi connectivity index (χ0) is 20.0. The number of amides is 1. The summed E-state index contributed by atoms with van der Waals surface area (Å²) in [5, 5.41) is 14.5. The summed E-state index contributed by atoms with van der Waals surface area (Å²) in [7, 11) is 0. The maximum Gasteiger partial charge on any atom is 0.276 e. The average molecular weight is 398 g/mol. The number of alkyl halides is 2. The minimum Gasteiger partial charge on any atom is -0.355 e. The Bertz CT molecular complexity index is 1220. The maximum absolute atomic E-state index is 13.7. The summed E-state index contributed by atoms with van der Waals surface area (Å²) in [6, 6.07) is 8.76. The van der Waals surface area contributed by atoms with Crippen molar-refractivity contribution < 1.29 is 18.1 Å². The molecule has 3 aromatic heterocycles. The Hall–Kier alpha value is -3.56. The van der Waals surface area contributed by atoms with Gasteiger partial charge in [0.1, 0.15) is 5.52 Å². The number of aromatic nitrogens is 4. The van der Waals surface area contributed by atoms with Crippen LogP contribution in [0.1, 0.15) is 23.3 Å². The molecular formula is C19H16F2N6O2. The molecule has 1 aliphatic rings. The second kappa shape index (κ2) is 6.50. The first-order valence-electron chi connectivity index (χ1n) is 9.13. The Morgan fingerprint density at radius 2 is 2.21 bits per heavy atom. The van der Waals surface area contributed by atoms with Gasteiger partial charge in [0.2, 0.25) is 0 Å². The second-order valence-corrected chi connectivity index (χ2v) is 7.03. The van der Waals surface area contributed by atoms with Crippen LogP contribution in [-0.4, -0.2) is 50.2 Å². The molecule has 1 saturated heterocycles. The van der Waals surface area contributed by atoms with Gasteiger partial charge < -0.3 is 14.7 Å². The topological polar surface area (TPSA) is 99.9 Å². The largest absolute Gasteiger partial charge is 0.355 e. The third-order valence-electron chi connectivity index (χ3n) is 4.94. The van der Waals surface area contributed by atoms with Crippen LogP contribution in [0.3, 0.4) is 0 Å². The summed E-state index contributed by atoms with van der Waals surface area (Å²) in [6.07, 6.45) is 1.72. The minimum atomic E-state index is -2.87. The molecule has 1 amide bonds. The first-order chi connectivity index (χ1) is 14.0. The molecule has 5 rings (SSSR count). The van der Waals surface area contributed by atoms with Crippen LogP contribution in [0.5, 0.6) is 0 Å². The van der Waals surface area contributed by atoms with Crippen LogP contribution in [0.2, 0.25) is 0 Å². The highest BCUT2D eigenvalue weighted by Crippen LogP contribution is 2.30. The standard InChI is InChI=1S/C19H16F2N6O2/c20-19(21)6-2-8-27(10-19)18(28)15-12-5-4-11(9-14(12)29-26-15)23-17-16-13(24-25-17)3-1-7-22-16/h1,3-5,7,9H,2,6,8,10H2,(H2,23,24,25). The average Bonchev–Trinajstić information content (AvgIpc) is 3.31. The molecule has 1 aromatic carbocycles. The molecule has 2 N–H and O–H groups in total. The molecule has 4 aromatic rings. The molecule has 0 unspecified atom stereocenters. The van der Waals surface area contributed by atoms with E-state index < -0.39 is 18.4 Å². The van der Waals surface area contributed by atoms with Gasteiger partial charge in [-0.1, -0.05) is 5.16 Å². The minimum absolute atomic E-state index is 0.0381. The third-order valence-corrected chi connectivity index (χ3v) is 4.94. The molecular weight excluding hydrogens is 382 g/mol. The molecule has 0 radical (unpaired) electrons. The number of hydrogen-bond donors (Lipinski definition) is 2. The maximum atomic E-state index is 13.7. The fourth-order valence-corrected chi connectivity index (χ4v) is 3.54. The number of carbonyl (C=O) groups excluding carboxylic acids is 1. The van der Waals surface area contributed by atoms with E-state index in [2.05, 4.69) is 25.7 Å². The summed E-state index contributed by atoms with van der Waals surface area (Å²) in [5.41, 5.74) is 2.55. The van der Waals surface area contributed by atoms with Gasteiger partial charge in [0.05, 0.1) is 17.4 Å². The van der Waals surface area contributed by atoms with Crippen molar-refractivity contribution in [2.75, 3.05) is 18.4 Å². The lowest BCUT2D eigenvalue weighted by Crippen LogP contribution is -2.45. The molecule has 1 fully saturated rings. The smallest absolute Gasteiger partial charge is 0.276 e. The third kappa shape index (κ3) is 3.16. The van der Waals surface area contributed by atoms with Gasteiger partial charge in [0.15, 0.2) is 17.1 Å². The van der Waals surface area contributed by atoms with Crippen molar-refractivity contribution in [3.05, 3.63) is 42.2 Å². The summed E-state index contributed by atoms with van der Waals surface area (Å²) in [6.45, 7) is -0.319. The first-order valence-corrected chi connectivity index (χ1v) is 9.13. The molecule has 8 nitrogen and oxygen atoms in total. The molecule has 1 aliphatic heterocycles. The van der Waals surface area contributed by atoms with Crippen molar-refractivity contribution in [3.63, 3.8) is 0 Å². The normalized spacial score (nSPS) is 16.4. The summed E-state index contributed by atoms with van der Waals surface area (Å²) in [5.74, 6) is -2.87. The number of H-pyrrole nitrogens is 1. The van der Waals surface area contributed by atoms with Crippen molar-refractivity contribution in [2.24, 2.45) is 0 Å². The van der Waals surface area contributed by atoms with Gasteiger partial charge in [-0.15, -0.1) is 0 Å². The van der Waals surface area contributed by atoms with Gasteiger partial charge in [-0.3, -0.25) is 14.9 Å². The second-order valence-electron chi connectivity index (χ2n) is 7.03. The van der Waals surface area contributed by atoms with E-state index in [1.807, 2.05) is 12.1 Å². The van der Waals surface area contributed by atoms with E-state index in [4.69, 9.17) is 4.52 Å². The summed E-state index contributed by atoms with van der Waals surface area (Å²) >= 11 is 0. The van der Waals surface area contributed by atoms with Crippen molar-refractivity contribution >= 4 is 39.4 Å². The highest BCUT2D eigenvalue weighted by atomic mass is 19.3. The van der Waals surface area contributed by atoms with Gasteiger partial charge in [-0.05, 0) is 30.7 Å². The van der Waals surface area contributed by atoms with Crippen molar-refractivity contribution in [1.29, 1.82) is 0 Å². The van der Waals surface area contributed by atoms with E-state index >= 15 is 0 Å². The molecule has 0 aliphatic carbocycles. The lowest BCUT2D eigenvalue weighted by atomic mass is 10.1. The zero-order valence-electron chi connectivity index (χ0n) is 15.2. The Morgan fingerprint density at radius 3 is 3.07 bits per heavy atom. The molecule has 29 heavy (non-hydrogen) atoms. The van der Waals surface area contributed by atoms with E-state index in [1.165, 1.54) is 0 Å². The predicted octanol–water partition coefficient (Wildman–Crippen LogP) is 3.71. The monoisotopic (exact) mass is 398 g/mol. The zero-order valence-corrected chi connectivity index (χ0v) is 15.2. The van der Waals surface area contributed by atoms with Gasteiger partial charge in [-0.2, -0.15) is 5.10 Å². The van der Waals surface area contributed by atoms with Crippen molar-refractivity contribution in [1.82, 2.24) is 25.2 Å². The van der Waals surface area contributed by atoms with Gasteiger partial charge >= 0.3 is 0 Å². The fourth-order valence-electron chi connectivity index (χ4n) is 3.54. The lowest BCUT2D eigenvalue weighted by molar-refractivity contribution is -0.0561. The number of anilines is 2.